The van der Waals surface area contributed by atoms with Crippen LogP contribution in [0.3, 0.4) is 0 Å². The number of benzene rings is 2. The highest BCUT2D eigenvalue weighted by Gasteiger charge is 2.21. The van der Waals surface area contributed by atoms with Crippen LogP contribution in [0.1, 0.15) is 5.56 Å². The van der Waals surface area contributed by atoms with Gasteiger partial charge in [0.1, 0.15) is 22.5 Å². The number of aliphatic imine (C=N–C) groups is 1. The van der Waals surface area contributed by atoms with Gasteiger partial charge in [-0.3, -0.25) is 4.99 Å². The summed E-state index contributed by atoms with van der Waals surface area (Å²) in [5.74, 6) is -0.274. The van der Waals surface area contributed by atoms with Crippen LogP contribution in [0.4, 0.5) is 15.9 Å². The Kier molecular flexibility index (Phi) is 4.93. The third-order valence-electron chi connectivity index (χ3n) is 4.18. The molecule has 0 atom stereocenters. The van der Waals surface area contributed by atoms with Gasteiger partial charge in [0, 0.05) is 18.0 Å². The van der Waals surface area contributed by atoms with E-state index in [1.54, 1.807) is 24.4 Å². The van der Waals surface area contributed by atoms with Crippen molar-refractivity contribution in [2.45, 2.75) is 4.90 Å². The summed E-state index contributed by atoms with van der Waals surface area (Å²) in [6, 6.07) is 8.79. The van der Waals surface area contributed by atoms with Crippen LogP contribution in [0.5, 0.6) is 11.5 Å². The number of ether oxygens (including phenoxy) is 1. The fraction of sp³-hybridized carbons (Fsp3) is 0.105. The monoisotopic (exact) mass is 432 g/mol. The van der Waals surface area contributed by atoms with Gasteiger partial charge in [-0.05, 0) is 30.3 Å². The molecule has 0 bridgehead atoms. The van der Waals surface area contributed by atoms with Crippen LogP contribution in [0.25, 0.3) is 0 Å². The Morgan fingerprint density at radius 3 is 2.72 bits per heavy atom. The fourth-order valence-electron chi connectivity index (χ4n) is 2.88. The second-order valence-corrected chi connectivity index (χ2v) is 8.61. The number of anilines is 2. The average molecular weight is 433 g/mol. The molecule has 0 aliphatic carbocycles. The van der Waals surface area contributed by atoms with Crippen LogP contribution in [-0.2, 0) is 9.84 Å². The minimum absolute atomic E-state index is 0.220. The van der Waals surface area contributed by atoms with Gasteiger partial charge in [0.2, 0.25) is 0 Å². The smallest absolute Gasteiger partial charge is 0.181 e. The first-order chi connectivity index (χ1) is 13.8. The molecule has 1 aliphatic heterocycles. The van der Waals surface area contributed by atoms with Gasteiger partial charge < -0.3 is 9.64 Å². The highest BCUT2D eigenvalue weighted by molar-refractivity contribution is 7.90. The SMILES string of the molecule is CS(=O)(=O)c1cccc(F)c1Oc1ccc2c(c1)C=NCN2c1cnc(Cl)cn1. The van der Waals surface area contributed by atoms with E-state index in [0.29, 0.717) is 18.1 Å². The summed E-state index contributed by atoms with van der Waals surface area (Å²) in [4.78, 5) is 14.2. The maximum Gasteiger partial charge on any atom is 0.181 e. The number of aromatic nitrogens is 2. The van der Waals surface area contributed by atoms with Gasteiger partial charge in [-0.1, -0.05) is 17.7 Å². The van der Waals surface area contributed by atoms with Crippen LogP contribution >= 0.6 is 11.6 Å². The number of sulfone groups is 1. The van der Waals surface area contributed by atoms with Gasteiger partial charge >= 0.3 is 0 Å². The van der Waals surface area contributed by atoms with Crippen LogP contribution in [-0.4, -0.2) is 37.5 Å². The highest BCUT2D eigenvalue weighted by Crippen LogP contribution is 2.35. The Labute approximate surface area is 171 Å². The lowest BCUT2D eigenvalue weighted by Crippen LogP contribution is -2.23. The second-order valence-electron chi connectivity index (χ2n) is 6.24. The van der Waals surface area contributed by atoms with E-state index in [1.165, 1.54) is 24.5 Å². The molecule has 1 aliphatic rings. The van der Waals surface area contributed by atoms with Crippen molar-refractivity contribution in [2.75, 3.05) is 17.8 Å². The van der Waals surface area contributed by atoms with E-state index in [0.717, 1.165) is 18.0 Å². The molecule has 0 unspecified atom stereocenters. The maximum atomic E-state index is 14.3. The van der Waals surface area contributed by atoms with Crippen molar-refractivity contribution in [2.24, 2.45) is 4.99 Å². The van der Waals surface area contributed by atoms with Crippen LogP contribution in [0.2, 0.25) is 5.15 Å². The first-order valence-electron chi connectivity index (χ1n) is 8.38. The van der Waals surface area contributed by atoms with Crippen molar-refractivity contribution in [3.8, 4) is 11.5 Å². The highest BCUT2D eigenvalue weighted by atomic mass is 35.5. The number of fused-ring (bicyclic) bond motifs is 1. The number of halogens is 2. The zero-order valence-electron chi connectivity index (χ0n) is 15.1. The lowest BCUT2D eigenvalue weighted by atomic mass is 10.1. The Morgan fingerprint density at radius 2 is 2.00 bits per heavy atom. The molecule has 7 nitrogen and oxygen atoms in total. The number of rotatable bonds is 4. The largest absolute Gasteiger partial charge is 0.453 e. The lowest BCUT2D eigenvalue weighted by Gasteiger charge is -2.26. The quantitative estimate of drug-likeness (QED) is 0.619. The molecule has 2 aromatic carbocycles. The first-order valence-corrected chi connectivity index (χ1v) is 10.7. The van der Waals surface area contributed by atoms with Gasteiger partial charge in [0.15, 0.2) is 27.2 Å². The van der Waals surface area contributed by atoms with Gasteiger partial charge in [-0.25, -0.2) is 22.8 Å². The van der Waals surface area contributed by atoms with Gasteiger partial charge in [-0.2, -0.15) is 0 Å². The van der Waals surface area contributed by atoms with Gasteiger partial charge in [0.05, 0.1) is 18.1 Å². The molecule has 0 saturated heterocycles. The molecular formula is C19H14ClFN4O3S. The number of hydrogen-bond donors (Lipinski definition) is 0. The molecule has 0 fully saturated rings. The molecule has 2 heterocycles. The molecule has 0 N–H and O–H groups in total. The summed E-state index contributed by atoms with van der Waals surface area (Å²) in [5, 5.41) is 0.282. The first kappa shape index (κ1) is 19.3. The third kappa shape index (κ3) is 3.92. The molecule has 29 heavy (non-hydrogen) atoms. The average Bonchev–Trinajstić information content (AvgIpc) is 2.69. The molecule has 1 aromatic heterocycles. The predicted octanol–water partition coefficient (Wildman–Crippen LogP) is 3.99. The molecular weight excluding hydrogens is 419 g/mol. The maximum absolute atomic E-state index is 14.3. The summed E-state index contributed by atoms with van der Waals surface area (Å²) in [5.41, 5.74) is 1.49. The number of hydrogen-bond acceptors (Lipinski definition) is 7. The molecule has 0 saturated carbocycles. The Hall–Kier alpha value is -3.04. The van der Waals surface area contributed by atoms with Crippen molar-refractivity contribution in [3.63, 3.8) is 0 Å². The fourth-order valence-corrected chi connectivity index (χ4v) is 3.78. The van der Waals surface area contributed by atoms with Crippen molar-refractivity contribution in [1.29, 1.82) is 0 Å². The standard InChI is InChI=1S/C19H14ClFN4O3S/c1-29(26,27)16-4-2-3-14(21)19(16)28-13-5-6-15-12(7-13)8-22-11-25(15)18-10-23-17(20)9-24-18/h2-10H,11H2,1H3. The van der Waals surface area contributed by atoms with E-state index >= 15 is 0 Å². The van der Waals surface area contributed by atoms with E-state index in [-0.39, 0.29) is 21.5 Å². The van der Waals surface area contributed by atoms with E-state index in [9.17, 15) is 12.8 Å². The van der Waals surface area contributed by atoms with Crippen molar-refractivity contribution in [1.82, 2.24) is 9.97 Å². The van der Waals surface area contributed by atoms with Crippen molar-refractivity contribution in [3.05, 3.63) is 65.3 Å². The molecule has 10 heteroatoms. The predicted molar refractivity (Wildman–Crippen MR) is 108 cm³/mol. The van der Waals surface area contributed by atoms with E-state index < -0.39 is 15.7 Å². The number of para-hydroxylation sites is 1. The molecule has 0 radical (unpaired) electrons. The van der Waals surface area contributed by atoms with Gasteiger partial charge in [-0.15, -0.1) is 0 Å². The molecule has 4 rings (SSSR count). The Morgan fingerprint density at radius 1 is 1.17 bits per heavy atom. The van der Waals surface area contributed by atoms with Crippen LogP contribution in [0.15, 0.2) is 58.7 Å². The van der Waals surface area contributed by atoms with Gasteiger partial charge in [0.25, 0.3) is 0 Å². The zero-order chi connectivity index (χ0) is 20.6. The summed E-state index contributed by atoms with van der Waals surface area (Å²) in [6.07, 6.45) is 5.63. The van der Waals surface area contributed by atoms with Crippen LogP contribution in [0, 0.1) is 5.82 Å². The minimum atomic E-state index is -3.67. The topological polar surface area (TPSA) is 84.8 Å². The minimum Gasteiger partial charge on any atom is -0.453 e. The molecule has 0 amide bonds. The Bertz CT molecular complexity index is 1220. The van der Waals surface area contributed by atoms with Crippen molar-refractivity contribution < 1.29 is 17.5 Å². The summed E-state index contributed by atoms with van der Waals surface area (Å²) < 4.78 is 43.8. The normalized spacial score (nSPS) is 13.3. The summed E-state index contributed by atoms with van der Waals surface area (Å²) in [7, 11) is -3.67. The zero-order valence-corrected chi connectivity index (χ0v) is 16.7. The summed E-state index contributed by atoms with van der Waals surface area (Å²) in [6.45, 7) is 0.342. The third-order valence-corrected chi connectivity index (χ3v) is 5.49. The van der Waals surface area contributed by atoms with Crippen LogP contribution < -0.4 is 9.64 Å². The van der Waals surface area contributed by atoms with E-state index in [4.69, 9.17) is 16.3 Å². The summed E-state index contributed by atoms with van der Waals surface area (Å²) >= 11 is 5.79. The van der Waals surface area contributed by atoms with Crippen molar-refractivity contribution >= 4 is 39.2 Å². The molecule has 148 valence electrons. The lowest BCUT2D eigenvalue weighted by molar-refractivity contribution is 0.428. The van der Waals surface area contributed by atoms with E-state index in [1.807, 2.05) is 4.90 Å². The Balaban J connectivity index is 1.70. The molecule has 0 spiro atoms. The number of nitrogens with zero attached hydrogens (tertiary/aromatic N) is 4. The molecule has 3 aromatic rings. The second kappa shape index (κ2) is 7.41. The van der Waals surface area contributed by atoms with E-state index in [2.05, 4.69) is 15.0 Å².